The monoisotopic (exact) mass is 165 g/mol. The predicted molar refractivity (Wildman–Crippen MR) is 49.6 cm³/mol. The number of aryl methyl sites for hydroxylation is 2. The molecule has 0 saturated carbocycles. The van der Waals surface area contributed by atoms with Gasteiger partial charge in [0.15, 0.2) is 5.78 Å². The van der Waals surface area contributed by atoms with Crippen molar-refractivity contribution in [3.05, 3.63) is 23.0 Å². The molecule has 1 heterocycles. The molecule has 0 amide bonds. The van der Waals surface area contributed by atoms with Crippen LogP contribution < -0.4 is 0 Å². The topological polar surface area (TPSA) is 32.9 Å². The average molecular weight is 165 g/mol. The maximum Gasteiger partial charge on any atom is 0.176 e. The molecular formula is C10H15NO. The zero-order valence-corrected chi connectivity index (χ0v) is 7.90. The summed E-state index contributed by atoms with van der Waals surface area (Å²) in [7, 11) is 0. The smallest absolute Gasteiger partial charge is 0.176 e. The maximum atomic E-state index is 11.1. The molecule has 0 fully saturated rings. The van der Waals surface area contributed by atoms with Crippen molar-refractivity contribution in [2.75, 3.05) is 0 Å². The van der Waals surface area contributed by atoms with Gasteiger partial charge in [0, 0.05) is 12.6 Å². The lowest BCUT2D eigenvalue weighted by molar-refractivity contribution is 0.101. The molecule has 0 aliphatic heterocycles. The Morgan fingerprint density at radius 1 is 1.42 bits per heavy atom. The largest absolute Gasteiger partial charge is 0.356 e. The van der Waals surface area contributed by atoms with Crippen molar-refractivity contribution in [2.45, 2.75) is 33.6 Å². The maximum absolute atomic E-state index is 11.1. The van der Waals surface area contributed by atoms with Gasteiger partial charge in [-0.3, -0.25) is 4.79 Å². The molecule has 0 saturated heterocycles. The molecule has 66 valence electrons. The van der Waals surface area contributed by atoms with Crippen LogP contribution in [-0.4, -0.2) is 10.8 Å². The highest BCUT2D eigenvalue weighted by Crippen LogP contribution is 2.12. The molecule has 0 aliphatic carbocycles. The van der Waals surface area contributed by atoms with Gasteiger partial charge in [-0.2, -0.15) is 0 Å². The molecular weight excluding hydrogens is 150 g/mol. The van der Waals surface area contributed by atoms with E-state index in [1.807, 2.05) is 0 Å². The molecule has 0 aliphatic rings. The van der Waals surface area contributed by atoms with Crippen molar-refractivity contribution in [3.63, 3.8) is 0 Å². The molecule has 0 atom stereocenters. The Kier molecular flexibility index (Phi) is 2.69. The van der Waals surface area contributed by atoms with E-state index in [0.717, 1.165) is 29.8 Å². The minimum Gasteiger partial charge on any atom is -0.356 e. The second-order valence-electron chi connectivity index (χ2n) is 2.96. The Labute approximate surface area is 73.0 Å². The molecule has 1 N–H and O–H groups in total. The number of carbonyl (C=O) groups is 1. The van der Waals surface area contributed by atoms with Gasteiger partial charge in [-0.15, -0.1) is 0 Å². The van der Waals surface area contributed by atoms with Gasteiger partial charge in [0.25, 0.3) is 0 Å². The van der Waals surface area contributed by atoms with Crippen LogP contribution in [0.1, 0.15) is 42.5 Å². The third kappa shape index (κ3) is 1.58. The van der Waals surface area contributed by atoms with Crippen LogP contribution in [0.5, 0.6) is 0 Å². The number of carbonyl (C=O) groups excluding carboxylic acids is 1. The second-order valence-corrected chi connectivity index (χ2v) is 2.96. The Morgan fingerprint density at radius 2 is 2.08 bits per heavy atom. The Balaban J connectivity index is 3.08. The van der Waals surface area contributed by atoms with Crippen LogP contribution in [0, 0.1) is 0 Å². The lowest BCUT2D eigenvalue weighted by Gasteiger charge is -1.93. The van der Waals surface area contributed by atoms with Crippen LogP contribution in [0.15, 0.2) is 6.07 Å². The normalized spacial score (nSPS) is 10.2. The number of hydrogen-bond acceptors (Lipinski definition) is 1. The summed E-state index contributed by atoms with van der Waals surface area (Å²) in [5, 5.41) is 0. The van der Waals surface area contributed by atoms with Gasteiger partial charge in [-0.1, -0.05) is 13.8 Å². The highest BCUT2D eigenvalue weighted by atomic mass is 16.1. The van der Waals surface area contributed by atoms with Crippen molar-refractivity contribution in [2.24, 2.45) is 0 Å². The summed E-state index contributed by atoms with van der Waals surface area (Å²) < 4.78 is 0. The van der Waals surface area contributed by atoms with E-state index < -0.39 is 0 Å². The molecule has 12 heavy (non-hydrogen) atoms. The van der Waals surface area contributed by atoms with E-state index in [-0.39, 0.29) is 5.78 Å². The van der Waals surface area contributed by atoms with E-state index in [1.165, 1.54) is 0 Å². The SMILES string of the molecule is CCc1cc(CC)c(C(C)=O)[nH]1. The zero-order valence-electron chi connectivity index (χ0n) is 7.90. The van der Waals surface area contributed by atoms with Gasteiger partial charge in [0.05, 0.1) is 5.69 Å². The van der Waals surface area contributed by atoms with Crippen molar-refractivity contribution in [1.82, 2.24) is 4.98 Å². The first-order chi connectivity index (χ1) is 5.69. The van der Waals surface area contributed by atoms with Crippen LogP contribution in [0.25, 0.3) is 0 Å². The fraction of sp³-hybridized carbons (Fsp3) is 0.500. The van der Waals surface area contributed by atoms with Crippen LogP contribution in [-0.2, 0) is 12.8 Å². The first-order valence-electron chi connectivity index (χ1n) is 4.40. The van der Waals surface area contributed by atoms with Gasteiger partial charge in [-0.25, -0.2) is 0 Å². The van der Waals surface area contributed by atoms with Crippen LogP contribution in [0.4, 0.5) is 0 Å². The van der Waals surface area contributed by atoms with Gasteiger partial charge >= 0.3 is 0 Å². The molecule has 0 unspecified atom stereocenters. The van der Waals surface area contributed by atoms with Crippen LogP contribution >= 0.6 is 0 Å². The number of rotatable bonds is 3. The van der Waals surface area contributed by atoms with E-state index in [2.05, 4.69) is 24.9 Å². The molecule has 0 spiro atoms. The fourth-order valence-corrected chi connectivity index (χ4v) is 1.34. The summed E-state index contributed by atoms with van der Waals surface area (Å²) in [5.74, 6) is 0.131. The van der Waals surface area contributed by atoms with Gasteiger partial charge in [0.2, 0.25) is 0 Å². The summed E-state index contributed by atoms with van der Waals surface area (Å²) in [5.41, 5.74) is 3.07. The first-order valence-corrected chi connectivity index (χ1v) is 4.40. The zero-order chi connectivity index (χ0) is 9.14. The number of ketones is 1. The number of hydrogen-bond donors (Lipinski definition) is 1. The Bertz CT molecular complexity index is 286. The summed E-state index contributed by atoms with van der Waals surface area (Å²) >= 11 is 0. The molecule has 0 radical (unpaired) electrons. The highest BCUT2D eigenvalue weighted by Gasteiger charge is 2.08. The number of nitrogens with one attached hydrogen (secondary N) is 1. The average Bonchev–Trinajstić information content (AvgIpc) is 2.47. The van der Waals surface area contributed by atoms with Crippen molar-refractivity contribution in [1.29, 1.82) is 0 Å². The van der Waals surface area contributed by atoms with E-state index in [0.29, 0.717) is 0 Å². The summed E-state index contributed by atoms with van der Waals surface area (Å²) in [6.45, 7) is 5.74. The lowest BCUT2D eigenvalue weighted by atomic mass is 10.1. The molecule has 1 aromatic heterocycles. The van der Waals surface area contributed by atoms with E-state index in [4.69, 9.17) is 0 Å². The quantitative estimate of drug-likeness (QED) is 0.685. The van der Waals surface area contributed by atoms with E-state index in [1.54, 1.807) is 6.92 Å². The van der Waals surface area contributed by atoms with Gasteiger partial charge in [-0.05, 0) is 24.5 Å². The molecule has 0 bridgehead atoms. The summed E-state index contributed by atoms with van der Waals surface area (Å²) in [6.07, 6.45) is 1.88. The molecule has 2 heteroatoms. The standard InChI is InChI=1S/C10H15NO/c1-4-8-6-9(5-2)11-10(8)7(3)12/h6,11H,4-5H2,1-3H3. The Hall–Kier alpha value is -1.05. The van der Waals surface area contributed by atoms with Crippen molar-refractivity contribution in [3.8, 4) is 0 Å². The molecule has 2 nitrogen and oxygen atoms in total. The fourth-order valence-electron chi connectivity index (χ4n) is 1.34. The molecule has 0 aromatic carbocycles. The summed E-state index contributed by atoms with van der Waals surface area (Å²) in [4.78, 5) is 14.3. The number of Topliss-reactive ketones (excluding diaryl/α,β-unsaturated/α-hetero) is 1. The van der Waals surface area contributed by atoms with Crippen molar-refractivity contribution >= 4 is 5.78 Å². The van der Waals surface area contributed by atoms with Gasteiger partial charge < -0.3 is 4.98 Å². The van der Waals surface area contributed by atoms with Crippen molar-refractivity contribution < 1.29 is 4.79 Å². The van der Waals surface area contributed by atoms with E-state index in [9.17, 15) is 4.79 Å². The molecule has 1 rings (SSSR count). The van der Waals surface area contributed by atoms with Crippen LogP contribution in [0.2, 0.25) is 0 Å². The number of aromatic amines is 1. The Morgan fingerprint density at radius 3 is 2.42 bits per heavy atom. The van der Waals surface area contributed by atoms with E-state index >= 15 is 0 Å². The number of aromatic nitrogens is 1. The third-order valence-electron chi connectivity index (χ3n) is 2.07. The minimum absolute atomic E-state index is 0.131. The summed E-state index contributed by atoms with van der Waals surface area (Å²) in [6, 6.07) is 2.08. The predicted octanol–water partition coefficient (Wildman–Crippen LogP) is 2.34. The molecule has 1 aromatic rings. The highest BCUT2D eigenvalue weighted by molar-refractivity contribution is 5.93. The number of H-pyrrole nitrogens is 1. The van der Waals surface area contributed by atoms with Crippen LogP contribution in [0.3, 0.4) is 0 Å². The minimum atomic E-state index is 0.131. The van der Waals surface area contributed by atoms with Gasteiger partial charge in [0.1, 0.15) is 0 Å². The second kappa shape index (κ2) is 3.57. The third-order valence-corrected chi connectivity index (χ3v) is 2.07. The lowest BCUT2D eigenvalue weighted by Crippen LogP contribution is -1.96. The first kappa shape index (κ1) is 9.04.